The first-order valence-corrected chi connectivity index (χ1v) is 5.11. The number of pyridine rings is 1. The fraction of sp³-hybridized carbons (Fsp3) is 0.0769. The number of rotatable bonds is 3. The highest BCUT2D eigenvalue weighted by Crippen LogP contribution is 2.15. The summed E-state index contributed by atoms with van der Waals surface area (Å²) in [6.07, 6.45) is 3.51. The van der Waals surface area contributed by atoms with E-state index in [1.165, 1.54) is 0 Å². The predicted molar refractivity (Wildman–Crippen MR) is 67.5 cm³/mol. The van der Waals surface area contributed by atoms with Gasteiger partial charge in [0.15, 0.2) is 0 Å². The first kappa shape index (κ1) is 10.4. The zero-order valence-electron chi connectivity index (χ0n) is 9.09. The summed E-state index contributed by atoms with van der Waals surface area (Å²) in [5, 5.41) is 3.06. The second-order valence-corrected chi connectivity index (χ2v) is 3.31. The number of aromatic nitrogens is 1. The molecule has 1 aromatic carbocycles. The van der Waals surface area contributed by atoms with Gasteiger partial charge < -0.3 is 5.32 Å². The minimum absolute atomic E-state index is 0.861. The first-order valence-electron chi connectivity index (χ1n) is 5.11. The molecule has 1 aromatic heterocycles. The van der Waals surface area contributed by atoms with Gasteiger partial charge in [0.05, 0.1) is 17.6 Å². The van der Waals surface area contributed by atoms with E-state index in [-0.39, 0.29) is 0 Å². The third-order valence-corrected chi connectivity index (χ3v) is 2.19. The van der Waals surface area contributed by atoms with Crippen LogP contribution in [0.3, 0.4) is 0 Å². The van der Waals surface area contributed by atoms with Gasteiger partial charge in [-0.2, -0.15) is 0 Å². The van der Waals surface area contributed by atoms with E-state index in [9.17, 15) is 0 Å². The Labute approximate surface area is 94.9 Å². The second kappa shape index (κ2) is 5.07. The molecule has 0 radical (unpaired) electrons. The zero-order valence-corrected chi connectivity index (χ0v) is 9.09. The Morgan fingerprint density at radius 2 is 1.94 bits per heavy atom. The zero-order chi connectivity index (χ0) is 11.2. The second-order valence-electron chi connectivity index (χ2n) is 3.31. The number of anilines is 1. The van der Waals surface area contributed by atoms with Gasteiger partial charge in [-0.1, -0.05) is 6.07 Å². The highest BCUT2D eigenvalue weighted by molar-refractivity contribution is 5.79. The number of nitrogens with zero attached hydrogens (tertiary/aromatic N) is 2. The normalized spacial score (nSPS) is 10.6. The van der Waals surface area contributed by atoms with Crippen molar-refractivity contribution in [3.8, 4) is 0 Å². The van der Waals surface area contributed by atoms with Gasteiger partial charge in [0.1, 0.15) is 0 Å². The molecule has 0 fully saturated rings. The van der Waals surface area contributed by atoms with Crippen LogP contribution in [0.4, 0.5) is 11.4 Å². The fourth-order valence-electron chi connectivity index (χ4n) is 1.31. The van der Waals surface area contributed by atoms with Gasteiger partial charge in [-0.15, -0.1) is 0 Å². The molecule has 0 spiro atoms. The minimum Gasteiger partial charge on any atom is -0.388 e. The van der Waals surface area contributed by atoms with Crippen molar-refractivity contribution >= 4 is 17.6 Å². The molecule has 3 heteroatoms. The third kappa shape index (κ3) is 2.67. The highest BCUT2D eigenvalue weighted by Gasteiger charge is 1.90. The van der Waals surface area contributed by atoms with E-state index >= 15 is 0 Å². The van der Waals surface area contributed by atoms with Gasteiger partial charge in [-0.05, 0) is 36.4 Å². The molecule has 0 aliphatic carbocycles. The van der Waals surface area contributed by atoms with E-state index < -0.39 is 0 Å². The molecule has 1 heterocycles. The van der Waals surface area contributed by atoms with Crippen LogP contribution in [0.5, 0.6) is 0 Å². The average Bonchev–Trinajstić information content (AvgIpc) is 2.38. The van der Waals surface area contributed by atoms with Crippen LogP contribution in [0.15, 0.2) is 53.7 Å². The lowest BCUT2D eigenvalue weighted by Gasteiger charge is -1.98. The molecule has 0 saturated heterocycles. The lowest BCUT2D eigenvalue weighted by atomic mass is 10.3. The number of aliphatic imine (C=N–C) groups is 1. The molecule has 0 atom stereocenters. The molecule has 2 aromatic rings. The number of benzene rings is 1. The van der Waals surface area contributed by atoms with Crippen LogP contribution in [0.25, 0.3) is 0 Å². The van der Waals surface area contributed by atoms with Crippen LogP contribution >= 0.6 is 0 Å². The van der Waals surface area contributed by atoms with Crippen LogP contribution < -0.4 is 5.32 Å². The van der Waals surface area contributed by atoms with Crippen molar-refractivity contribution < 1.29 is 0 Å². The molecule has 80 valence electrons. The van der Waals surface area contributed by atoms with Gasteiger partial charge in [0, 0.05) is 18.9 Å². The largest absolute Gasteiger partial charge is 0.388 e. The quantitative estimate of drug-likeness (QED) is 0.792. The average molecular weight is 211 g/mol. The third-order valence-electron chi connectivity index (χ3n) is 2.19. The number of hydrogen-bond acceptors (Lipinski definition) is 3. The van der Waals surface area contributed by atoms with Crippen LogP contribution in [0, 0.1) is 0 Å². The summed E-state index contributed by atoms with van der Waals surface area (Å²) in [7, 11) is 1.90. The Kier molecular flexibility index (Phi) is 3.28. The summed E-state index contributed by atoms with van der Waals surface area (Å²) in [5.74, 6) is 0. The van der Waals surface area contributed by atoms with E-state index in [4.69, 9.17) is 0 Å². The van der Waals surface area contributed by atoms with Crippen molar-refractivity contribution in [3.63, 3.8) is 0 Å². The monoisotopic (exact) mass is 211 g/mol. The summed E-state index contributed by atoms with van der Waals surface area (Å²) in [6, 6.07) is 13.7. The Hall–Kier alpha value is -2.16. The molecule has 0 aliphatic heterocycles. The van der Waals surface area contributed by atoms with E-state index in [1.807, 2.05) is 49.5 Å². The van der Waals surface area contributed by atoms with Crippen molar-refractivity contribution in [3.05, 3.63) is 54.4 Å². The minimum atomic E-state index is 0.861. The fourth-order valence-corrected chi connectivity index (χ4v) is 1.31. The Balaban J connectivity index is 2.12. The van der Waals surface area contributed by atoms with Gasteiger partial charge in [-0.3, -0.25) is 9.98 Å². The molecule has 0 amide bonds. The standard InChI is InChI=1S/C13H13N3/c1-14-11-5-7-12(8-6-11)16-10-13-4-2-3-9-15-13/h2-10,14H,1H3. The Morgan fingerprint density at radius 3 is 2.56 bits per heavy atom. The summed E-state index contributed by atoms with van der Waals surface area (Å²) in [5.41, 5.74) is 2.86. The van der Waals surface area contributed by atoms with E-state index in [2.05, 4.69) is 15.3 Å². The number of hydrogen-bond donors (Lipinski definition) is 1. The Morgan fingerprint density at radius 1 is 1.12 bits per heavy atom. The molecule has 0 aliphatic rings. The van der Waals surface area contributed by atoms with Gasteiger partial charge in [-0.25, -0.2) is 0 Å². The summed E-state index contributed by atoms with van der Waals surface area (Å²) in [6.45, 7) is 0. The molecule has 2 rings (SSSR count). The first-order chi connectivity index (χ1) is 7.88. The van der Waals surface area contributed by atoms with Crippen LogP contribution in [0.2, 0.25) is 0 Å². The summed E-state index contributed by atoms with van der Waals surface area (Å²) < 4.78 is 0. The molecule has 0 unspecified atom stereocenters. The lowest BCUT2D eigenvalue weighted by Crippen LogP contribution is -1.86. The summed E-state index contributed by atoms with van der Waals surface area (Å²) in [4.78, 5) is 8.50. The molecule has 0 saturated carbocycles. The lowest BCUT2D eigenvalue weighted by molar-refractivity contribution is 1.30. The van der Waals surface area contributed by atoms with E-state index in [0.717, 1.165) is 17.1 Å². The van der Waals surface area contributed by atoms with Gasteiger partial charge >= 0.3 is 0 Å². The van der Waals surface area contributed by atoms with E-state index in [0.29, 0.717) is 0 Å². The topological polar surface area (TPSA) is 37.3 Å². The maximum absolute atomic E-state index is 4.34. The van der Waals surface area contributed by atoms with Crippen molar-refractivity contribution in [2.24, 2.45) is 4.99 Å². The van der Waals surface area contributed by atoms with Gasteiger partial charge in [0.25, 0.3) is 0 Å². The van der Waals surface area contributed by atoms with Crippen molar-refractivity contribution in [1.29, 1.82) is 0 Å². The van der Waals surface area contributed by atoms with E-state index in [1.54, 1.807) is 12.4 Å². The molecule has 3 nitrogen and oxygen atoms in total. The number of nitrogens with one attached hydrogen (secondary N) is 1. The molecule has 0 bridgehead atoms. The van der Waals surface area contributed by atoms with Crippen LogP contribution in [0.1, 0.15) is 5.69 Å². The van der Waals surface area contributed by atoms with Crippen LogP contribution in [-0.4, -0.2) is 18.2 Å². The van der Waals surface area contributed by atoms with Crippen LogP contribution in [-0.2, 0) is 0 Å². The SMILES string of the molecule is CNc1ccc(N=Cc2ccccn2)cc1. The maximum Gasteiger partial charge on any atom is 0.0812 e. The maximum atomic E-state index is 4.34. The molecular formula is C13H13N3. The molecular weight excluding hydrogens is 198 g/mol. The van der Waals surface area contributed by atoms with Crippen molar-refractivity contribution in [1.82, 2.24) is 4.98 Å². The Bertz CT molecular complexity index is 460. The molecule has 16 heavy (non-hydrogen) atoms. The molecule has 1 N–H and O–H groups in total. The highest BCUT2D eigenvalue weighted by atomic mass is 14.8. The summed E-state index contributed by atoms with van der Waals surface area (Å²) >= 11 is 0. The van der Waals surface area contributed by atoms with Gasteiger partial charge in [0.2, 0.25) is 0 Å². The predicted octanol–water partition coefficient (Wildman–Crippen LogP) is 2.87. The smallest absolute Gasteiger partial charge is 0.0812 e. The van der Waals surface area contributed by atoms with Crippen molar-refractivity contribution in [2.75, 3.05) is 12.4 Å². The van der Waals surface area contributed by atoms with Crippen molar-refractivity contribution in [2.45, 2.75) is 0 Å².